The third kappa shape index (κ3) is 5.94. The van der Waals surface area contributed by atoms with Crippen LogP contribution in [0, 0.1) is 0 Å². The minimum atomic E-state index is -4.52. The normalized spacial score (nSPS) is 14.5. The second kappa shape index (κ2) is 9.27. The average Bonchev–Trinajstić information content (AvgIpc) is 3.17. The van der Waals surface area contributed by atoms with Crippen molar-refractivity contribution in [1.29, 1.82) is 0 Å². The Morgan fingerprint density at radius 1 is 1.17 bits per heavy atom. The predicted octanol–water partition coefficient (Wildman–Crippen LogP) is 3.09. The van der Waals surface area contributed by atoms with Gasteiger partial charge in [-0.15, -0.1) is 11.3 Å². The third-order valence-electron chi connectivity index (χ3n) is 4.12. The number of benzene rings is 1. The summed E-state index contributed by atoms with van der Waals surface area (Å²) >= 11 is 1.22. The molecular weight excluding hydrogens is 409 g/mol. The van der Waals surface area contributed by atoms with Crippen molar-refractivity contribution in [2.75, 3.05) is 44.4 Å². The first-order valence-corrected chi connectivity index (χ1v) is 9.67. The fourth-order valence-electron chi connectivity index (χ4n) is 2.76. The van der Waals surface area contributed by atoms with E-state index in [0.29, 0.717) is 26.3 Å². The number of thiophene rings is 1. The molecule has 0 atom stereocenters. The Kier molecular flexibility index (Phi) is 6.75. The molecule has 1 aliphatic rings. The van der Waals surface area contributed by atoms with Crippen LogP contribution in [0.4, 0.5) is 18.2 Å². The van der Waals surface area contributed by atoms with Crippen molar-refractivity contribution in [3.8, 4) is 11.1 Å². The van der Waals surface area contributed by atoms with Gasteiger partial charge in [0.1, 0.15) is 11.4 Å². The topological polar surface area (TPSA) is 67.9 Å². The molecule has 1 N–H and O–H groups in total. The van der Waals surface area contributed by atoms with E-state index in [9.17, 15) is 22.8 Å². The number of hydrogen-bond acceptors (Lipinski definition) is 6. The lowest BCUT2D eigenvalue weighted by molar-refractivity contribution is -0.140. The second-order valence-corrected chi connectivity index (χ2v) is 7.29. The van der Waals surface area contributed by atoms with E-state index in [1.54, 1.807) is 11.4 Å². The summed E-state index contributed by atoms with van der Waals surface area (Å²) in [5.74, 6) is -1.77. The molecule has 0 unspecified atom stereocenters. The van der Waals surface area contributed by atoms with Crippen LogP contribution in [-0.4, -0.2) is 57.5 Å². The first-order chi connectivity index (χ1) is 13.8. The van der Waals surface area contributed by atoms with Crippen LogP contribution in [0.5, 0.6) is 0 Å². The van der Waals surface area contributed by atoms with Gasteiger partial charge in [-0.1, -0.05) is 30.3 Å². The largest absolute Gasteiger partial charge is 0.451 e. The molecule has 1 aromatic carbocycles. The summed E-state index contributed by atoms with van der Waals surface area (Å²) in [7, 11) is 0. The molecule has 29 heavy (non-hydrogen) atoms. The van der Waals surface area contributed by atoms with E-state index in [1.165, 1.54) is 11.3 Å². The van der Waals surface area contributed by atoms with Crippen LogP contribution < -0.4 is 10.2 Å². The van der Waals surface area contributed by atoms with E-state index >= 15 is 0 Å². The quantitative estimate of drug-likeness (QED) is 0.717. The SMILES string of the molecule is O=C(COC(=O)c1cc(-c2ccccc2)c(N2CCOCC2)s1)NCC(F)(F)F. The summed E-state index contributed by atoms with van der Waals surface area (Å²) in [5, 5.41) is 2.55. The number of nitrogens with zero attached hydrogens (tertiary/aromatic N) is 1. The number of carbonyl (C=O) groups is 2. The first-order valence-electron chi connectivity index (χ1n) is 8.86. The van der Waals surface area contributed by atoms with E-state index in [1.807, 2.05) is 30.3 Å². The molecule has 1 amide bonds. The van der Waals surface area contributed by atoms with Crippen molar-refractivity contribution in [3.05, 3.63) is 41.3 Å². The highest BCUT2D eigenvalue weighted by molar-refractivity contribution is 7.18. The summed E-state index contributed by atoms with van der Waals surface area (Å²) < 4.78 is 46.7. The Bertz CT molecular complexity index is 849. The van der Waals surface area contributed by atoms with Gasteiger partial charge < -0.3 is 19.7 Å². The Labute approximate surface area is 169 Å². The molecule has 6 nitrogen and oxygen atoms in total. The molecule has 1 saturated heterocycles. The third-order valence-corrected chi connectivity index (χ3v) is 5.29. The molecule has 10 heteroatoms. The van der Waals surface area contributed by atoms with E-state index in [-0.39, 0.29) is 4.88 Å². The van der Waals surface area contributed by atoms with Crippen molar-refractivity contribution in [3.63, 3.8) is 0 Å². The van der Waals surface area contributed by atoms with Gasteiger partial charge in [-0.3, -0.25) is 4.79 Å². The minimum Gasteiger partial charge on any atom is -0.451 e. The minimum absolute atomic E-state index is 0.272. The molecule has 2 heterocycles. The van der Waals surface area contributed by atoms with Crippen LogP contribution in [-0.2, 0) is 14.3 Å². The Morgan fingerprint density at radius 3 is 2.52 bits per heavy atom. The maximum absolute atomic E-state index is 12.4. The van der Waals surface area contributed by atoms with Gasteiger partial charge in [0.25, 0.3) is 5.91 Å². The maximum Gasteiger partial charge on any atom is 0.405 e. The number of alkyl halides is 3. The monoisotopic (exact) mass is 428 g/mol. The Morgan fingerprint density at radius 2 is 1.86 bits per heavy atom. The Balaban J connectivity index is 1.72. The lowest BCUT2D eigenvalue weighted by Crippen LogP contribution is -2.36. The molecular formula is C19H19F3N2O4S. The van der Waals surface area contributed by atoms with Crippen LogP contribution in [0.3, 0.4) is 0 Å². The zero-order valence-corrected chi connectivity index (χ0v) is 16.1. The zero-order valence-electron chi connectivity index (χ0n) is 15.3. The van der Waals surface area contributed by atoms with E-state index in [2.05, 4.69) is 4.90 Å². The number of morpholine rings is 1. The van der Waals surface area contributed by atoms with E-state index < -0.39 is 31.2 Å². The zero-order chi connectivity index (χ0) is 20.9. The van der Waals surface area contributed by atoms with Gasteiger partial charge in [-0.05, 0) is 11.6 Å². The van der Waals surface area contributed by atoms with Crippen molar-refractivity contribution in [2.45, 2.75) is 6.18 Å². The van der Waals surface area contributed by atoms with Crippen molar-refractivity contribution >= 4 is 28.2 Å². The number of amides is 1. The van der Waals surface area contributed by atoms with Gasteiger partial charge in [-0.2, -0.15) is 13.2 Å². The van der Waals surface area contributed by atoms with Crippen LogP contribution in [0.1, 0.15) is 9.67 Å². The summed E-state index contributed by atoms with van der Waals surface area (Å²) in [6.07, 6.45) is -4.52. The van der Waals surface area contributed by atoms with Crippen LogP contribution in [0.15, 0.2) is 36.4 Å². The second-order valence-electron chi connectivity index (χ2n) is 6.26. The molecule has 0 aliphatic carbocycles. The molecule has 0 spiro atoms. The number of carbonyl (C=O) groups excluding carboxylic acids is 2. The van der Waals surface area contributed by atoms with Gasteiger partial charge in [0.15, 0.2) is 6.61 Å². The standard InChI is InChI=1S/C19H19F3N2O4S/c20-19(21,22)12-23-16(25)11-28-18(26)15-10-14(13-4-2-1-3-5-13)17(29-15)24-6-8-27-9-7-24/h1-5,10H,6-9,11-12H2,(H,23,25). The van der Waals surface area contributed by atoms with Gasteiger partial charge >= 0.3 is 12.1 Å². The summed E-state index contributed by atoms with van der Waals surface area (Å²) in [6, 6.07) is 11.2. The predicted molar refractivity (Wildman–Crippen MR) is 102 cm³/mol. The molecule has 156 valence electrons. The fourth-order valence-corrected chi connectivity index (χ4v) is 3.89. The van der Waals surface area contributed by atoms with Gasteiger partial charge in [0.05, 0.1) is 18.2 Å². The average molecular weight is 428 g/mol. The van der Waals surface area contributed by atoms with Crippen molar-refractivity contribution in [1.82, 2.24) is 5.32 Å². The van der Waals surface area contributed by atoms with Gasteiger partial charge in [-0.25, -0.2) is 4.79 Å². The van der Waals surface area contributed by atoms with Crippen LogP contribution in [0.2, 0.25) is 0 Å². The highest BCUT2D eigenvalue weighted by atomic mass is 32.1. The Hall–Kier alpha value is -2.59. The lowest BCUT2D eigenvalue weighted by atomic mass is 10.1. The van der Waals surface area contributed by atoms with E-state index in [0.717, 1.165) is 16.1 Å². The van der Waals surface area contributed by atoms with Crippen molar-refractivity contribution < 1.29 is 32.2 Å². The first kappa shape index (κ1) is 21.1. The lowest BCUT2D eigenvalue weighted by Gasteiger charge is -2.28. The summed E-state index contributed by atoms with van der Waals surface area (Å²) in [4.78, 5) is 26.2. The molecule has 0 radical (unpaired) electrons. The van der Waals surface area contributed by atoms with E-state index in [4.69, 9.17) is 9.47 Å². The number of hydrogen-bond donors (Lipinski definition) is 1. The molecule has 0 bridgehead atoms. The highest BCUT2D eigenvalue weighted by Crippen LogP contribution is 2.39. The van der Waals surface area contributed by atoms with Crippen LogP contribution in [0.25, 0.3) is 11.1 Å². The molecule has 2 aromatic rings. The number of esters is 1. The number of halogens is 3. The smallest absolute Gasteiger partial charge is 0.405 e. The summed E-state index contributed by atoms with van der Waals surface area (Å²) in [6.45, 7) is 0.252. The molecule has 1 aromatic heterocycles. The maximum atomic E-state index is 12.4. The molecule has 3 rings (SSSR count). The number of nitrogens with one attached hydrogen (secondary N) is 1. The van der Waals surface area contributed by atoms with Crippen molar-refractivity contribution in [2.24, 2.45) is 0 Å². The number of anilines is 1. The highest BCUT2D eigenvalue weighted by Gasteiger charge is 2.28. The molecule has 0 saturated carbocycles. The number of rotatable bonds is 6. The van der Waals surface area contributed by atoms with Gasteiger partial charge in [0, 0.05) is 18.7 Å². The molecule has 1 aliphatic heterocycles. The summed E-state index contributed by atoms with van der Waals surface area (Å²) in [5.41, 5.74) is 1.78. The van der Waals surface area contributed by atoms with Crippen LogP contribution >= 0.6 is 11.3 Å². The number of ether oxygens (including phenoxy) is 2. The van der Waals surface area contributed by atoms with Gasteiger partial charge in [0.2, 0.25) is 0 Å². The fraction of sp³-hybridized carbons (Fsp3) is 0.368. The molecule has 1 fully saturated rings.